The third-order valence-corrected chi connectivity index (χ3v) is 2.80. The second-order valence-electron chi connectivity index (χ2n) is 4.51. The lowest BCUT2D eigenvalue weighted by molar-refractivity contribution is 0.323. The molecule has 0 radical (unpaired) electrons. The van der Waals surface area contributed by atoms with Crippen molar-refractivity contribution in [2.75, 3.05) is 13.2 Å². The van der Waals surface area contributed by atoms with Gasteiger partial charge in [0, 0.05) is 24.3 Å². The smallest absolute Gasteiger partial charge is 0.218 e. The molecule has 0 bridgehead atoms. The lowest BCUT2D eigenvalue weighted by atomic mass is 10.3. The number of aliphatic imine (C=N–C) groups is 1. The van der Waals surface area contributed by atoms with Crippen LogP contribution in [0.1, 0.15) is 32.3 Å². The summed E-state index contributed by atoms with van der Waals surface area (Å²) in [7, 11) is 0. The first kappa shape index (κ1) is 13.6. The molecule has 0 aliphatic heterocycles. The predicted octanol–water partition coefficient (Wildman–Crippen LogP) is 1.70. The molecule has 1 aliphatic carbocycles. The zero-order valence-corrected chi connectivity index (χ0v) is 11.6. The molecular weight excluding hydrogens is 240 g/mol. The summed E-state index contributed by atoms with van der Waals surface area (Å²) >= 11 is 0. The van der Waals surface area contributed by atoms with Crippen LogP contribution >= 0.6 is 0 Å². The summed E-state index contributed by atoms with van der Waals surface area (Å²) in [6.07, 6.45) is 4.22. The highest BCUT2D eigenvalue weighted by Gasteiger charge is 2.22. The molecule has 1 fully saturated rings. The van der Waals surface area contributed by atoms with E-state index in [1.165, 1.54) is 12.8 Å². The summed E-state index contributed by atoms with van der Waals surface area (Å²) < 4.78 is 5.50. The lowest BCUT2D eigenvalue weighted by Crippen LogP contribution is -2.38. The van der Waals surface area contributed by atoms with Crippen LogP contribution < -0.4 is 15.4 Å². The van der Waals surface area contributed by atoms with E-state index in [-0.39, 0.29) is 0 Å². The van der Waals surface area contributed by atoms with E-state index in [4.69, 9.17) is 4.74 Å². The van der Waals surface area contributed by atoms with Crippen molar-refractivity contribution >= 4 is 5.96 Å². The Balaban J connectivity index is 2.01. The fourth-order valence-electron chi connectivity index (χ4n) is 1.72. The summed E-state index contributed by atoms with van der Waals surface area (Å²) in [4.78, 5) is 8.81. The van der Waals surface area contributed by atoms with Crippen LogP contribution in [0.2, 0.25) is 0 Å². The highest BCUT2D eigenvalue weighted by atomic mass is 16.5. The molecule has 0 spiro atoms. The zero-order valence-electron chi connectivity index (χ0n) is 11.6. The largest absolute Gasteiger partial charge is 0.478 e. The molecule has 0 saturated heterocycles. The molecule has 5 heteroatoms. The molecule has 0 atom stereocenters. The average molecular weight is 262 g/mol. The Kier molecular flexibility index (Phi) is 5.01. The van der Waals surface area contributed by atoms with Crippen LogP contribution in [0.15, 0.2) is 23.3 Å². The number of rotatable bonds is 6. The molecule has 1 saturated carbocycles. The standard InChI is InChI=1S/C14H22N4O/c1-3-15-14(18-12-7-8-12)17-10-11-6-5-9-16-13(11)19-4-2/h5-6,9,12H,3-4,7-8,10H2,1-2H3,(H2,15,17,18). The van der Waals surface area contributed by atoms with Gasteiger partial charge in [0.1, 0.15) is 0 Å². The SMILES string of the molecule is CCNC(=NCc1cccnc1OCC)NC1CC1. The molecule has 0 amide bonds. The summed E-state index contributed by atoms with van der Waals surface area (Å²) in [5, 5.41) is 6.64. The van der Waals surface area contributed by atoms with Gasteiger partial charge in [0.15, 0.2) is 5.96 Å². The molecule has 0 unspecified atom stereocenters. The van der Waals surface area contributed by atoms with Crippen LogP contribution in [-0.2, 0) is 6.54 Å². The first-order valence-corrected chi connectivity index (χ1v) is 6.95. The molecule has 1 aliphatic rings. The van der Waals surface area contributed by atoms with Crippen molar-refractivity contribution < 1.29 is 4.74 Å². The maximum absolute atomic E-state index is 5.50. The quantitative estimate of drug-likeness (QED) is 0.605. The molecule has 5 nitrogen and oxygen atoms in total. The van der Waals surface area contributed by atoms with Crippen LogP contribution in [0.4, 0.5) is 0 Å². The van der Waals surface area contributed by atoms with Gasteiger partial charge >= 0.3 is 0 Å². The van der Waals surface area contributed by atoms with Gasteiger partial charge in [0.05, 0.1) is 13.2 Å². The highest BCUT2D eigenvalue weighted by Crippen LogP contribution is 2.19. The Labute approximate surface area is 114 Å². The van der Waals surface area contributed by atoms with E-state index in [0.29, 0.717) is 25.1 Å². The van der Waals surface area contributed by atoms with Gasteiger partial charge in [-0.15, -0.1) is 0 Å². The van der Waals surface area contributed by atoms with Crippen LogP contribution in [-0.4, -0.2) is 30.1 Å². The van der Waals surface area contributed by atoms with E-state index >= 15 is 0 Å². The number of nitrogens with zero attached hydrogens (tertiary/aromatic N) is 2. The van der Waals surface area contributed by atoms with Gasteiger partial charge in [-0.3, -0.25) is 0 Å². The second kappa shape index (κ2) is 6.97. The van der Waals surface area contributed by atoms with Gasteiger partial charge in [0.25, 0.3) is 0 Å². The maximum Gasteiger partial charge on any atom is 0.218 e. The van der Waals surface area contributed by atoms with Gasteiger partial charge < -0.3 is 15.4 Å². The topological polar surface area (TPSA) is 58.5 Å². The molecule has 2 rings (SSSR count). The van der Waals surface area contributed by atoms with Crippen molar-refractivity contribution in [1.29, 1.82) is 0 Å². The monoisotopic (exact) mass is 262 g/mol. The molecular formula is C14H22N4O. The van der Waals surface area contributed by atoms with Crippen LogP contribution in [0.25, 0.3) is 0 Å². The number of hydrogen-bond acceptors (Lipinski definition) is 3. The third kappa shape index (κ3) is 4.43. The first-order chi connectivity index (χ1) is 9.33. The van der Waals surface area contributed by atoms with Crippen molar-refractivity contribution in [3.8, 4) is 5.88 Å². The molecule has 1 heterocycles. The van der Waals surface area contributed by atoms with Gasteiger partial charge in [-0.25, -0.2) is 9.98 Å². The third-order valence-electron chi connectivity index (χ3n) is 2.80. The molecule has 19 heavy (non-hydrogen) atoms. The minimum Gasteiger partial charge on any atom is -0.478 e. The van der Waals surface area contributed by atoms with Gasteiger partial charge in [-0.1, -0.05) is 6.07 Å². The molecule has 1 aromatic heterocycles. The van der Waals surface area contributed by atoms with Crippen LogP contribution in [0, 0.1) is 0 Å². The number of aromatic nitrogens is 1. The van der Waals surface area contributed by atoms with Crippen molar-refractivity contribution in [2.45, 2.75) is 39.3 Å². The summed E-state index contributed by atoms with van der Waals surface area (Å²) in [6.45, 7) is 6.09. The molecule has 104 valence electrons. The van der Waals surface area contributed by atoms with Crippen molar-refractivity contribution in [3.63, 3.8) is 0 Å². The fourth-order valence-corrected chi connectivity index (χ4v) is 1.72. The van der Waals surface area contributed by atoms with E-state index in [9.17, 15) is 0 Å². The molecule has 2 N–H and O–H groups in total. The summed E-state index contributed by atoms with van der Waals surface area (Å²) in [5.74, 6) is 1.55. The lowest BCUT2D eigenvalue weighted by Gasteiger charge is -2.11. The zero-order chi connectivity index (χ0) is 13.5. The number of hydrogen-bond donors (Lipinski definition) is 2. The Morgan fingerprint density at radius 1 is 1.47 bits per heavy atom. The van der Waals surface area contributed by atoms with Gasteiger partial charge in [-0.2, -0.15) is 0 Å². The second-order valence-corrected chi connectivity index (χ2v) is 4.51. The minimum absolute atomic E-state index is 0.575. The van der Waals surface area contributed by atoms with Gasteiger partial charge in [-0.05, 0) is 32.8 Å². The molecule has 1 aromatic rings. The van der Waals surface area contributed by atoms with Crippen molar-refractivity contribution in [3.05, 3.63) is 23.9 Å². The normalized spacial score (nSPS) is 15.2. The predicted molar refractivity (Wildman–Crippen MR) is 76.4 cm³/mol. The highest BCUT2D eigenvalue weighted by molar-refractivity contribution is 5.80. The van der Waals surface area contributed by atoms with E-state index in [1.807, 2.05) is 19.1 Å². The number of ether oxygens (including phenoxy) is 1. The Morgan fingerprint density at radius 2 is 2.32 bits per heavy atom. The van der Waals surface area contributed by atoms with E-state index in [1.54, 1.807) is 6.20 Å². The van der Waals surface area contributed by atoms with E-state index in [0.717, 1.165) is 18.1 Å². The van der Waals surface area contributed by atoms with Crippen LogP contribution in [0.5, 0.6) is 5.88 Å². The van der Waals surface area contributed by atoms with Gasteiger partial charge in [0.2, 0.25) is 5.88 Å². The average Bonchev–Trinajstić information content (AvgIpc) is 3.22. The van der Waals surface area contributed by atoms with Crippen LogP contribution in [0.3, 0.4) is 0 Å². The van der Waals surface area contributed by atoms with Crippen molar-refractivity contribution in [2.24, 2.45) is 4.99 Å². The maximum atomic E-state index is 5.50. The summed E-state index contributed by atoms with van der Waals surface area (Å²) in [6, 6.07) is 4.51. The number of guanidine groups is 1. The van der Waals surface area contributed by atoms with Crippen molar-refractivity contribution in [1.82, 2.24) is 15.6 Å². The molecule has 0 aromatic carbocycles. The van der Waals surface area contributed by atoms with E-state index < -0.39 is 0 Å². The van der Waals surface area contributed by atoms with E-state index in [2.05, 4.69) is 27.5 Å². The first-order valence-electron chi connectivity index (χ1n) is 6.95. The minimum atomic E-state index is 0.575. The number of nitrogens with one attached hydrogen (secondary N) is 2. The Hall–Kier alpha value is -1.78. The summed E-state index contributed by atoms with van der Waals surface area (Å²) in [5.41, 5.74) is 1.01. The fraction of sp³-hybridized carbons (Fsp3) is 0.571. The Morgan fingerprint density at radius 3 is 3.00 bits per heavy atom. The Bertz CT molecular complexity index is 429. The number of pyridine rings is 1.